The Bertz CT molecular complexity index is 676. The number of rotatable bonds is 4. The number of anilines is 1. The van der Waals surface area contributed by atoms with Crippen molar-refractivity contribution in [3.8, 4) is 0 Å². The largest absolute Gasteiger partial charge is 0.478 e. The molecule has 1 aliphatic heterocycles. The molecule has 112 valence electrons. The zero-order valence-electron chi connectivity index (χ0n) is 12.0. The normalized spacial score (nSPS) is 19.8. The van der Waals surface area contributed by atoms with Crippen LogP contribution in [0.2, 0.25) is 0 Å². The van der Waals surface area contributed by atoms with Crippen molar-refractivity contribution in [3.05, 3.63) is 18.0 Å². The van der Waals surface area contributed by atoms with Gasteiger partial charge in [-0.25, -0.2) is 9.78 Å². The number of nitrogens with one attached hydrogen (secondary N) is 1. The Kier molecular flexibility index (Phi) is 3.50. The molecule has 21 heavy (non-hydrogen) atoms. The van der Waals surface area contributed by atoms with Gasteiger partial charge in [-0.3, -0.25) is 4.68 Å². The lowest BCUT2D eigenvalue weighted by Gasteiger charge is -2.22. The van der Waals surface area contributed by atoms with Gasteiger partial charge in [0.1, 0.15) is 5.56 Å². The molecule has 2 atom stereocenters. The van der Waals surface area contributed by atoms with Crippen molar-refractivity contribution in [2.24, 2.45) is 7.05 Å². The second kappa shape index (κ2) is 5.33. The predicted molar refractivity (Wildman–Crippen MR) is 77.5 cm³/mol. The van der Waals surface area contributed by atoms with Crippen molar-refractivity contribution >= 4 is 22.7 Å². The van der Waals surface area contributed by atoms with Gasteiger partial charge in [-0.1, -0.05) is 0 Å². The maximum absolute atomic E-state index is 11.4. The van der Waals surface area contributed by atoms with Crippen LogP contribution >= 0.6 is 0 Å². The Morgan fingerprint density at radius 3 is 3.05 bits per heavy atom. The van der Waals surface area contributed by atoms with Crippen LogP contribution < -0.4 is 5.32 Å². The average Bonchev–Trinajstić information content (AvgIpc) is 3.09. The van der Waals surface area contributed by atoms with E-state index < -0.39 is 5.97 Å². The van der Waals surface area contributed by atoms with E-state index in [-0.39, 0.29) is 17.7 Å². The lowest BCUT2D eigenvalue weighted by atomic mass is 10.1. The van der Waals surface area contributed by atoms with Gasteiger partial charge >= 0.3 is 5.97 Å². The van der Waals surface area contributed by atoms with Crippen molar-refractivity contribution in [1.29, 1.82) is 0 Å². The first-order valence-electron chi connectivity index (χ1n) is 7.00. The molecule has 0 aromatic carbocycles. The molecular formula is C14H18N4O3. The number of aryl methyl sites for hydroxylation is 1. The van der Waals surface area contributed by atoms with Crippen LogP contribution in [0.15, 0.2) is 12.4 Å². The van der Waals surface area contributed by atoms with Crippen molar-refractivity contribution in [2.45, 2.75) is 31.9 Å². The van der Waals surface area contributed by atoms with E-state index in [1.165, 1.54) is 6.20 Å². The van der Waals surface area contributed by atoms with Crippen molar-refractivity contribution < 1.29 is 14.6 Å². The summed E-state index contributed by atoms with van der Waals surface area (Å²) in [6.07, 6.45) is 5.14. The molecular weight excluding hydrogens is 272 g/mol. The molecule has 7 heteroatoms. The molecule has 0 bridgehead atoms. The quantitative estimate of drug-likeness (QED) is 0.890. The van der Waals surface area contributed by atoms with E-state index in [2.05, 4.69) is 15.4 Å². The smallest absolute Gasteiger partial charge is 0.339 e. The van der Waals surface area contributed by atoms with Gasteiger partial charge < -0.3 is 15.2 Å². The molecule has 7 nitrogen and oxygen atoms in total. The highest BCUT2D eigenvalue weighted by Gasteiger charge is 2.25. The number of fused-ring (bicyclic) bond motifs is 1. The fourth-order valence-corrected chi connectivity index (χ4v) is 2.73. The van der Waals surface area contributed by atoms with Gasteiger partial charge in [-0.15, -0.1) is 0 Å². The number of hydrogen-bond acceptors (Lipinski definition) is 5. The molecule has 1 saturated heterocycles. The van der Waals surface area contributed by atoms with E-state index in [9.17, 15) is 9.90 Å². The molecule has 2 aromatic heterocycles. The molecule has 0 spiro atoms. The van der Waals surface area contributed by atoms with Crippen LogP contribution in [0.25, 0.3) is 11.0 Å². The van der Waals surface area contributed by atoms with Gasteiger partial charge in [0.25, 0.3) is 0 Å². The van der Waals surface area contributed by atoms with Crippen LogP contribution in [0.4, 0.5) is 5.69 Å². The predicted octanol–water partition coefficient (Wildman–Crippen LogP) is 1.65. The summed E-state index contributed by atoms with van der Waals surface area (Å²) in [6.45, 7) is 2.77. The number of nitrogens with zero attached hydrogens (tertiary/aromatic N) is 3. The molecule has 2 unspecified atom stereocenters. The monoisotopic (exact) mass is 290 g/mol. The first kappa shape index (κ1) is 13.8. The SMILES string of the molecule is CC(Nc1c(C(=O)O)cnc2c1cnn2C)C1CCCO1. The zero-order chi connectivity index (χ0) is 15.0. The van der Waals surface area contributed by atoms with Crippen molar-refractivity contribution in [2.75, 3.05) is 11.9 Å². The minimum atomic E-state index is -1.00. The van der Waals surface area contributed by atoms with Gasteiger partial charge in [0.2, 0.25) is 0 Å². The minimum Gasteiger partial charge on any atom is -0.478 e. The number of carboxylic acid groups (broad SMARTS) is 1. The van der Waals surface area contributed by atoms with E-state index in [1.54, 1.807) is 17.9 Å². The number of carboxylic acids is 1. The molecule has 3 heterocycles. The van der Waals surface area contributed by atoms with Crippen LogP contribution in [0.5, 0.6) is 0 Å². The van der Waals surface area contributed by atoms with E-state index in [4.69, 9.17) is 4.74 Å². The molecule has 0 amide bonds. The number of carbonyl (C=O) groups is 1. The number of pyridine rings is 1. The fraction of sp³-hybridized carbons (Fsp3) is 0.500. The first-order chi connectivity index (χ1) is 10.1. The van der Waals surface area contributed by atoms with Gasteiger partial charge in [-0.2, -0.15) is 5.10 Å². The zero-order valence-corrected chi connectivity index (χ0v) is 12.0. The second-order valence-corrected chi connectivity index (χ2v) is 5.34. The average molecular weight is 290 g/mol. The maximum Gasteiger partial charge on any atom is 0.339 e. The van der Waals surface area contributed by atoms with Gasteiger partial charge in [0.05, 0.1) is 23.4 Å². The van der Waals surface area contributed by atoms with E-state index in [0.717, 1.165) is 19.4 Å². The summed E-state index contributed by atoms with van der Waals surface area (Å²) in [5.41, 5.74) is 1.37. The van der Waals surface area contributed by atoms with E-state index in [1.807, 2.05) is 6.92 Å². The highest BCUT2D eigenvalue weighted by atomic mass is 16.5. The molecule has 0 saturated carbocycles. The fourth-order valence-electron chi connectivity index (χ4n) is 2.73. The van der Waals surface area contributed by atoms with E-state index >= 15 is 0 Å². The van der Waals surface area contributed by atoms with Gasteiger partial charge in [-0.05, 0) is 19.8 Å². The molecule has 3 rings (SSSR count). The maximum atomic E-state index is 11.4. The number of hydrogen-bond donors (Lipinski definition) is 2. The molecule has 0 radical (unpaired) electrons. The minimum absolute atomic E-state index is 0.0245. The second-order valence-electron chi connectivity index (χ2n) is 5.34. The lowest BCUT2D eigenvalue weighted by molar-refractivity contribution is 0.0697. The standard InChI is InChI=1S/C14H18N4O3/c1-8(11-4-3-5-21-11)17-12-9-7-16-18(2)13(9)15-6-10(12)14(19)20/h6-8,11H,3-5H2,1-2H3,(H,15,17)(H,19,20). The lowest BCUT2D eigenvalue weighted by Crippen LogP contribution is -2.30. The molecule has 1 aliphatic rings. The Morgan fingerprint density at radius 2 is 2.38 bits per heavy atom. The Balaban J connectivity index is 2.01. The third kappa shape index (κ3) is 2.44. The Hall–Kier alpha value is -2.15. The van der Waals surface area contributed by atoms with Crippen LogP contribution in [0.1, 0.15) is 30.1 Å². The number of aromatic carboxylic acids is 1. The van der Waals surface area contributed by atoms with Crippen LogP contribution in [0.3, 0.4) is 0 Å². The Labute approximate surface area is 121 Å². The third-order valence-electron chi connectivity index (χ3n) is 3.89. The molecule has 0 aliphatic carbocycles. The summed E-state index contributed by atoms with van der Waals surface area (Å²) < 4.78 is 7.29. The molecule has 2 N–H and O–H groups in total. The number of aromatic nitrogens is 3. The van der Waals surface area contributed by atoms with E-state index in [0.29, 0.717) is 16.7 Å². The molecule has 1 fully saturated rings. The summed E-state index contributed by atoms with van der Waals surface area (Å²) in [6, 6.07) is 0.0245. The topological polar surface area (TPSA) is 89.3 Å². The van der Waals surface area contributed by atoms with Crippen LogP contribution in [-0.2, 0) is 11.8 Å². The summed E-state index contributed by atoms with van der Waals surface area (Å²) >= 11 is 0. The Morgan fingerprint density at radius 1 is 1.57 bits per heavy atom. The van der Waals surface area contributed by atoms with Crippen LogP contribution in [0, 0.1) is 0 Å². The third-order valence-corrected chi connectivity index (χ3v) is 3.89. The number of ether oxygens (including phenoxy) is 1. The molecule has 2 aromatic rings. The van der Waals surface area contributed by atoms with Crippen LogP contribution in [-0.4, -0.2) is 44.6 Å². The van der Waals surface area contributed by atoms with Gasteiger partial charge in [0.15, 0.2) is 5.65 Å². The van der Waals surface area contributed by atoms with Crippen molar-refractivity contribution in [1.82, 2.24) is 14.8 Å². The summed E-state index contributed by atoms with van der Waals surface area (Å²) in [4.78, 5) is 15.6. The highest BCUT2D eigenvalue weighted by Crippen LogP contribution is 2.28. The van der Waals surface area contributed by atoms with Crippen molar-refractivity contribution in [3.63, 3.8) is 0 Å². The van der Waals surface area contributed by atoms with Gasteiger partial charge in [0, 0.05) is 25.9 Å². The first-order valence-corrected chi connectivity index (χ1v) is 7.00. The summed E-state index contributed by atoms with van der Waals surface area (Å²) in [5.74, 6) is -1.00. The highest BCUT2D eigenvalue weighted by molar-refractivity contribution is 6.03. The summed E-state index contributed by atoms with van der Waals surface area (Å²) in [5, 5.41) is 17.5. The summed E-state index contributed by atoms with van der Waals surface area (Å²) in [7, 11) is 1.78.